The van der Waals surface area contributed by atoms with Crippen LogP contribution < -0.4 is 0 Å². The molecule has 0 atom stereocenters. The Hall–Kier alpha value is -0.0400. The minimum atomic E-state index is 0.564. The van der Waals surface area contributed by atoms with Crippen molar-refractivity contribution in [1.29, 1.82) is 0 Å². The molecule has 2 aliphatic rings. The Bertz CT molecular complexity index is 378. The van der Waals surface area contributed by atoms with Crippen LogP contribution in [-0.4, -0.2) is 13.2 Å². The molecule has 1 heteroatoms. The zero-order chi connectivity index (χ0) is 23.5. The zero-order valence-corrected chi connectivity index (χ0v) is 23.2. The maximum Gasteiger partial charge on any atom is 0.0471 e. The molecule has 0 aliphatic heterocycles. The van der Waals surface area contributed by atoms with E-state index in [1.54, 1.807) is 0 Å². The fourth-order valence-electron chi connectivity index (χ4n) is 6.96. The van der Waals surface area contributed by atoms with Crippen LogP contribution in [-0.2, 0) is 4.74 Å². The highest BCUT2D eigenvalue weighted by molar-refractivity contribution is 4.80. The SMILES string of the molecule is CCC1(CCOCCC2(CC)CCCCCCCCCCC2)CCCCCCCCCCC1. The highest BCUT2D eigenvalue weighted by Crippen LogP contribution is 2.41. The molecular weight excluding hydrogens is 400 g/mol. The van der Waals surface area contributed by atoms with Crippen molar-refractivity contribution in [3.05, 3.63) is 0 Å². The van der Waals surface area contributed by atoms with Gasteiger partial charge in [0.05, 0.1) is 0 Å². The molecule has 0 radical (unpaired) electrons. The average molecular weight is 463 g/mol. The maximum atomic E-state index is 6.44. The second kappa shape index (κ2) is 18.3. The van der Waals surface area contributed by atoms with Crippen LogP contribution in [0.15, 0.2) is 0 Å². The lowest BCUT2D eigenvalue weighted by atomic mass is 9.73. The summed E-state index contributed by atoms with van der Waals surface area (Å²) in [6.07, 6.45) is 37.5. The number of rotatable bonds is 8. The molecular formula is C32H62O. The van der Waals surface area contributed by atoms with Gasteiger partial charge in [-0.05, 0) is 49.4 Å². The fourth-order valence-corrected chi connectivity index (χ4v) is 6.96. The van der Waals surface area contributed by atoms with Crippen molar-refractivity contribution in [1.82, 2.24) is 0 Å². The third-order valence-electron chi connectivity index (χ3n) is 9.88. The van der Waals surface area contributed by atoms with Gasteiger partial charge in [-0.1, -0.05) is 142 Å². The van der Waals surface area contributed by atoms with E-state index in [0.29, 0.717) is 10.8 Å². The van der Waals surface area contributed by atoms with Crippen LogP contribution in [0.2, 0.25) is 0 Å². The molecule has 0 aromatic carbocycles. The summed E-state index contributed by atoms with van der Waals surface area (Å²) in [5.74, 6) is 0. The van der Waals surface area contributed by atoms with Crippen molar-refractivity contribution < 1.29 is 4.74 Å². The van der Waals surface area contributed by atoms with Gasteiger partial charge < -0.3 is 4.74 Å². The van der Waals surface area contributed by atoms with Crippen LogP contribution in [0.5, 0.6) is 0 Å². The van der Waals surface area contributed by atoms with Crippen LogP contribution in [0.4, 0.5) is 0 Å². The normalized spacial score (nSPS) is 24.5. The predicted octanol–water partition coefficient (Wildman–Crippen LogP) is 11.2. The Morgan fingerprint density at radius 2 is 0.636 bits per heavy atom. The van der Waals surface area contributed by atoms with E-state index in [-0.39, 0.29) is 0 Å². The lowest BCUT2D eigenvalue weighted by Gasteiger charge is -2.35. The summed E-state index contributed by atoms with van der Waals surface area (Å²) in [6.45, 7) is 6.94. The van der Waals surface area contributed by atoms with E-state index in [2.05, 4.69) is 13.8 Å². The lowest BCUT2D eigenvalue weighted by Crippen LogP contribution is -2.25. The summed E-state index contributed by atoms with van der Waals surface area (Å²) in [6, 6.07) is 0. The predicted molar refractivity (Wildman–Crippen MR) is 147 cm³/mol. The van der Waals surface area contributed by atoms with Crippen molar-refractivity contribution in [2.45, 2.75) is 181 Å². The van der Waals surface area contributed by atoms with E-state index in [4.69, 9.17) is 4.74 Å². The van der Waals surface area contributed by atoms with Crippen molar-refractivity contribution >= 4 is 0 Å². The first-order valence-electron chi connectivity index (χ1n) is 15.8. The molecule has 0 heterocycles. The highest BCUT2D eigenvalue weighted by Gasteiger charge is 2.29. The van der Waals surface area contributed by atoms with Crippen LogP contribution in [0, 0.1) is 10.8 Å². The van der Waals surface area contributed by atoms with Crippen molar-refractivity contribution in [2.75, 3.05) is 13.2 Å². The Labute approximate surface area is 209 Å². The van der Waals surface area contributed by atoms with Gasteiger partial charge in [0.2, 0.25) is 0 Å². The van der Waals surface area contributed by atoms with Gasteiger partial charge in [-0.2, -0.15) is 0 Å². The number of hydrogen-bond donors (Lipinski definition) is 0. The summed E-state index contributed by atoms with van der Waals surface area (Å²) in [7, 11) is 0. The van der Waals surface area contributed by atoms with Crippen LogP contribution in [0.25, 0.3) is 0 Å². The van der Waals surface area contributed by atoms with E-state index >= 15 is 0 Å². The van der Waals surface area contributed by atoms with E-state index in [9.17, 15) is 0 Å². The molecule has 0 amide bonds. The van der Waals surface area contributed by atoms with Crippen molar-refractivity contribution in [3.8, 4) is 0 Å². The first-order valence-corrected chi connectivity index (χ1v) is 15.8. The van der Waals surface area contributed by atoms with Crippen LogP contribution in [0.1, 0.15) is 181 Å². The summed E-state index contributed by atoms with van der Waals surface area (Å²) in [5, 5.41) is 0. The van der Waals surface area contributed by atoms with E-state index in [1.807, 2.05) is 0 Å². The van der Waals surface area contributed by atoms with Gasteiger partial charge in [0.15, 0.2) is 0 Å². The second-order valence-corrected chi connectivity index (χ2v) is 12.2. The fraction of sp³-hybridized carbons (Fsp3) is 1.00. The van der Waals surface area contributed by atoms with Gasteiger partial charge in [-0.25, -0.2) is 0 Å². The lowest BCUT2D eigenvalue weighted by molar-refractivity contribution is 0.0504. The zero-order valence-electron chi connectivity index (χ0n) is 23.2. The number of hydrogen-bond acceptors (Lipinski definition) is 1. The minimum Gasteiger partial charge on any atom is -0.381 e. The quantitative estimate of drug-likeness (QED) is 0.326. The molecule has 0 bridgehead atoms. The second-order valence-electron chi connectivity index (χ2n) is 12.2. The molecule has 2 rings (SSSR count). The molecule has 2 aliphatic carbocycles. The molecule has 0 spiro atoms. The Kier molecular flexibility index (Phi) is 16.2. The van der Waals surface area contributed by atoms with E-state index in [0.717, 1.165) is 13.2 Å². The minimum absolute atomic E-state index is 0.564. The van der Waals surface area contributed by atoms with Crippen LogP contribution >= 0.6 is 0 Å². The summed E-state index contributed by atoms with van der Waals surface area (Å²) in [4.78, 5) is 0. The highest BCUT2D eigenvalue weighted by atomic mass is 16.5. The third-order valence-corrected chi connectivity index (χ3v) is 9.88. The largest absolute Gasteiger partial charge is 0.381 e. The monoisotopic (exact) mass is 462 g/mol. The molecule has 0 aromatic heterocycles. The van der Waals surface area contributed by atoms with E-state index < -0.39 is 0 Å². The van der Waals surface area contributed by atoms with Gasteiger partial charge in [-0.15, -0.1) is 0 Å². The molecule has 2 fully saturated rings. The first kappa shape index (κ1) is 29.2. The molecule has 0 unspecified atom stereocenters. The molecule has 196 valence electrons. The smallest absolute Gasteiger partial charge is 0.0471 e. The Balaban J connectivity index is 1.78. The molecule has 0 saturated heterocycles. The van der Waals surface area contributed by atoms with Gasteiger partial charge in [0, 0.05) is 13.2 Å². The van der Waals surface area contributed by atoms with Gasteiger partial charge >= 0.3 is 0 Å². The molecule has 33 heavy (non-hydrogen) atoms. The molecule has 2 saturated carbocycles. The summed E-state index contributed by atoms with van der Waals surface area (Å²) >= 11 is 0. The van der Waals surface area contributed by atoms with Crippen molar-refractivity contribution in [3.63, 3.8) is 0 Å². The summed E-state index contributed by atoms with van der Waals surface area (Å²) in [5.41, 5.74) is 1.13. The van der Waals surface area contributed by atoms with Crippen LogP contribution in [0.3, 0.4) is 0 Å². The average Bonchev–Trinajstić information content (AvgIpc) is 2.82. The van der Waals surface area contributed by atoms with Gasteiger partial charge in [-0.3, -0.25) is 0 Å². The molecule has 0 aromatic rings. The topological polar surface area (TPSA) is 9.23 Å². The standard InChI is InChI=1S/C32H62O/c1-3-31(23-19-15-11-7-5-8-12-16-20-24-31)27-29-33-30-28-32(4-2)25-21-17-13-9-6-10-14-18-22-26-32/h3-30H2,1-2H3. The van der Waals surface area contributed by atoms with Gasteiger partial charge in [0.1, 0.15) is 0 Å². The third kappa shape index (κ3) is 12.5. The van der Waals surface area contributed by atoms with Gasteiger partial charge in [0.25, 0.3) is 0 Å². The molecule has 1 nitrogen and oxygen atoms in total. The molecule has 0 N–H and O–H groups in total. The van der Waals surface area contributed by atoms with E-state index in [1.165, 1.54) is 167 Å². The van der Waals surface area contributed by atoms with Crippen molar-refractivity contribution in [2.24, 2.45) is 10.8 Å². The summed E-state index contributed by atoms with van der Waals surface area (Å²) < 4.78 is 6.44. The Morgan fingerprint density at radius 1 is 0.394 bits per heavy atom. The number of ether oxygens (including phenoxy) is 1. The maximum absolute atomic E-state index is 6.44. The first-order chi connectivity index (χ1) is 16.2. The Morgan fingerprint density at radius 3 is 0.879 bits per heavy atom.